The minimum atomic E-state index is -0.915. The van der Waals surface area contributed by atoms with E-state index in [1.54, 1.807) is 4.90 Å². The second-order valence-electron chi connectivity index (χ2n) is 6.30. The summed E-state index contributed by atoms with van der Waals surface area (Å²) >= 11 is 0. The van der Waals surface area contributed by atoms with E-state index in [0.717, 1.165) is 17.1 Å². The molecule has 6 nitrogen and oxygen atoms in total. The molecule has 0 saturated carbocycles. The van der Waals surface area contributed by atoms with Crippen LogP contribution < -0.4 is 0 Å². The first-order chi connectivity index (χ1) is 12.0. The Bertz CT molecular complexity index is 782. The van der Waals surface area contributed by atoms with Crippen LogP contribution in [-0.4, -0.2) is 52.3 Å². The molecule has 1 N–H and O–H groups in total. The molecule has 25 heavy (non-hydrogen) atoms. The monoisotopic (exact) mass is 342 g/mol. The number of carboxylic acid groups (broad SMARTS) is 1. The number of carboxylic acids is 1. The number of carbonyl (C=O) groups is 2. The molecule has 1 fully saturated rings. The number of rotatable bonds is 4. The molecular formula is C19H22N2O4. The van der Waals surface area contributed by atoms with Crippen molar-refractivity contribution in [2.24, 2.45) is 0 Å². The summed E-state index contributed by atoms with van der Waals surface area (Å²) in [5.74, 6) is -0.990. The Balaban J connectivity index is 1.84. The van der Waals surface area contributed by atoms with Crippen molar-refractivity contribution in [2.45, 2.75) is 26.4 Å². The predicted molar refractivity (Wildman–Crippen MR) is 93.1 cm³/mol. The first-order valence-corrected chi connectivity index (χ1v) is 8.34. The lowest BCUT2D eigenvalue weighted by atomic mass is 10.1. The van der Waals surface area contributed by atoms with Crippen molar-refractivity contribution in [3.05, 3.63) is 53.3 Å². The number of aryl methyl sites for hydroxylation is 1. The van der Waals surface area contributed by atoms with Crippen LogP contribution in [0.15, 0.2) is 36.4 Å². The van der Waals surface area contributed by atoms with E-state index in [0.29, 0.717) is 25.3 Å². The average molecular weight is 342 g/mol. The van der Waals surface area contributed by atoms with Crippen LogP contribution in [0.2, 0.25) is 0 Å². The molecule has 1 amide bonds. The molecule has 0 radical (unpaired) electrons. The smallest absolute Gasteiger partial charge is 0.306 e. The van der Waals surface area contributed by atoms with E-state index in [2.05, 4.69) is 4.57 Å². The maximum Gasteiger partial charge on any atom is 0.306 e. The molecule has 0 aliphatic carbocycles. The van der Waals surface area contributed by atoms with Crippen LogP contribution in [0.5, 0.6) is 0 Å². The largest absolute Gasteiger partial charge is 0.481 e. The van der Waals surface area contributed by atoms with Gasteiger partial charge >= 0.3 is 5.97 Å². The van der Waals surface area contributed by atoms with E-state index in [4.69, 9.17) is 9.84 Å². The van der Waals surface area contributed by atoms with Crippen molar-refractivity contribution in [3.63, 3.8) is 0 Å². The molecule has 1 unspecified atom stereocenters. The fourth-order valence-corrected chi connectivity index (χ4v) is 3.35. The maximum absolute atomic E-state index is 13.0. The number of carbonyl (C=O) groups excluding carboxylic acids is 1. The molecule has 2 heterocycles. The highest BCUT2D eigenvalue weighted by Crippen LogP contribution is 2.23. The van der Waals surface area contributed by atoms with Gasteiger partial charge in [0.2, 0.25) is 0 Å². The van der Waals surface area contributed by atoms with Crippen molar-refractivity contribution in [1.82, 2.24) is 9.47 Å². The summed E-state index contributed by atoms with van der Waals surface area (Å²) in [4.78, 5) is 25.5. The summed E-state index contributed by atoms with van der Waals surface area (Å²) in [5, 5.41) is 8.93. The SMILES string of the molecule is Cc1cc(C(=O)N2CCOC(CC(=O)O)C2)c(C)n1-c1ccccc1. The molecule has 1 aliphatic heterocycles. The summed E-state index contributed by atoms with van der Waals surface area (Å²) in [6.07, 6.45) is -0.542. The molecule has 1 aromatic carbocycles. The van der Waals surface area contributed by atoms with Gasteiger partial charge in [0.1, 0.15) is 0 Å². The van der Waals surface area contributed by atoms with Gasteiger partial charge in [0.25, 0.3) is 5.91 Å². The third-order valence-corrected chi connectivity index (χ3v) is 4.50. The van der Waals surface area contributed by atoms with Crippen molar-refractivity contribution in [2.75, 3.05) is 19.7 Å². The van der Waals surface area contributed by atoms with Crippen molar-refractivity contribution in [1.29, 1.82) is 0 Å². The second kappa shape index (κ2) is 7.11. The van der Waals surface area contributed by atoms with Gasteiger partial charge in [-0.05, 0) is 32.0 Å². The molecule has 6 heteroatoms. The fraction of sp³-hybridized carbons (Fsp3) is 0.368. The fourth-order valence-electron chi connectivity index (χ4n) is 3.35. The number of hydrogen-bond donors (Lipinski definition) is 1. The first-order valence-electron chi connectivity index (χ1n) is 8.34. The van der Waals surface area contributed by atoms with Crippen molar-refractivity contribution >= 4 is 11.9 Å². The molecule has 1 aromatic heterocycles. The van der Waals surface area contributed by atoms with E-state index in [9.17, 15) is 9.59 Å². The summed E-state index contributed by atoms with van der Waals surface area (Å²) in [6, 6.07) is 11.8. The number of aliphatic carboxylic acids is 1. The Morgan fingerprint density at radius 2 is 1.96 bits per heavy atom. The highest BCUT2D eigenvalue weighted by molar-refractivity contribution is 5.96. The standard InChI is InChI=1S/C19H22N2O4/c1-13-10-17(14(2)21(13)15-6-4-3-5-7-15)19(24)20-8-9-25-16(12-20)11-18(22)23/h3-7,10,16H,8-9,11-12H2,1-2H3,(H,22,23). The van der Waals surface area contributed by atoms with Crippen LogP contribution in [0.25, 0.3) is 5.69 Å². The minimum Gasteiger partial charge on any atom is -0.481 e. The Labute approximate surface area is 146 Å². The molecular weight excluding hydrogens is 320 g/mol. The van der Waals surface area contributed by atoms with Crippen LogP contribution in [0.3, 0.4) is 0 Å². The highest BCUT2D eigenvalue weighted by atomic mass is 16.5. The number of amides is 1. The number of para-hydroxylation sites is 1. The summed E-state index contributed by atoms with van der Waals surface area (Å²) in [5.41, 5.74) is 3.54. The molecule has 0 spiro atoms. The molecule has 0 bridgehead atoms. The molecule has 1 saturated heterocycles. The molecule has 2 aromatic rings. The van der Waals surface area contributed by atoms with E-state index in [1.165, 1.54) is 0 Å². The van der Waals surface area contributed by atoms with Crippen molar-refractivity contribution < 1.29 is 19.4 Å². The number of benzene rings is 1. The van der Waals surface area contributed by atoms with Gasteiger partial charge in [0.05, 0.1) is 24.7 Å². The van der Waals surface area contributed by atoms with E-state index >= 15 is 0 Å². The number of aromatic nitrogens is 1. The Morgan fingerprint density at radius 3 is 2.64 bits per heavy atom. The van der Waals surface area contributed by atoms with Gasteiger partial charge in [0.15, 0.2) is 0 Å². The quantitative estimate of drug-likeness (QED) is 0.926. The third kappa shape index (κ3) is 3.58. The van der Waals surface area contributed by atoms with E-state index in [1.807, 2.05) is 50.2 Å². The second-order valence-corrected chi connectivity index (χ2v) is 6.30. The van der Waals surface area contributed by atoms with Gasteiger partial charge in [-0.1, -0.05) is 18.2 Å². The summed E-state index contributed by atoms with van der Waals surface area (Å²) in [6.45, 7) is 5.05. The Hall–Kier alpha value is -2.60. The third-order valence-electron chi connectivity index (χ3n) is 4.50. The number of hydrogen-bond acceptors (Lipinski definition) is 3. The average Bonchev–Trinajstić information content (AvgIpc) is 2.89. The Morgan fingerprint density at radius 1 is 1.24 bits per heavy atom. The Kier molecular flexibility index (Phi) is 4.90. The zero-order chi connectivity index (χ0) is 18.0. The highest BCUT2D eigenvalue weighted by Gasteiger charge is 2.28. The van der Waals surface area contributed by atoms with Gasteiger partial charge < -0.3 is 19.3 Å². The number of morpholine rings is 1. The number of nitrogens with zero attached hydrogens (tertiary/aromatic N) is 2. The lowest BCUT2D eigenvalue weighted by Gasteiger charge is -2.32. The minimum absolute atomic E-state index is 0.0750. The maximum atomic E-state index is 13.0. The van der Waals surface area contributed by atoms with Gasteiger partial charge in [0, 0.05) is 30.2 Å². The molecule has 3 rings (SSSR count). The van der Waals surface area contributed by atoms with Crippen LogP contribution in [0.4, 0.5) is 0 Å². The van der Waals surface area contributed by atoms with Gasteiger partial charge in [-0.2, -0.15) is 0 Å². The molecule has 132 valence electrons. The molecule has 1 atom stereocenters. The van der Waals surface area contributed by atoms with Gasteiger partial charge in [-0.15, -0.1) is 0 Å². The first kappa shape index (κ1) is 17.2. The lowest BCUT2D eigenvalue weighted by Crippen LogP contribution is -2.46. The zero-order valence-corrected chi connectivity index (χ0v) is 14.4. The predicted octanol–water partition coefficient (Wildman–Crippen LogP) is 2.41. The zero-order valence-electron chi connectivity index (χ0n) is 14.4. The van der Waals surface area contributed by atoms with Crippen LogP contribution >= 0.6 is 0 Å². The summed E-state index contributed by atoms with van der Waals surface area (Å²) in [7, 11) is 0. The van der Waals surface area contributed by atoms with Crippen LogP contribution in [0, 0.1) is 13.8 Å². The molecule has 1 aliphatic rings. The van der Waals surface area contributed by atoms with E-state index in [-0.39, 0.29) is 12.3 Å². The summed E-state index contributed by atoms with van der Waals surface area (Å²) < 4.78 is 7.51. The van der Waals surface area contributed by atoms with Crippen LogP contribution in [0.1, 0.15) is 28.2 Å². The van der Waals surface area contributed by atoms with Crippen molar-refractivity contribution in [3.8, 4) is 5.69 Å². The number of ether oxygens (including phenoxy) is 1. The normalized spacial score (nSPS) is 17.5. The topological polar surface area (TPSA) is 71.8 Å². The van der Waals surface area contributed by atoms with Gasteiger partial charge in [-0.25, -0.2) is 0 Å². The lowest BCUT2D eigenvalue weighted by molar-refractivity contribution is -0.141. The van der Waals surface area contributed by atoms with Crippen LogP contribution in [-0.2, 0) is 9.53 Å². The van der Waals surface area contributed by atoms with Gasteiger partial charge in [-0.3, -0.25) is 9.59 Å². The van der Waals surface area contributed by atoms with E-state index < -0.39 is 12.1 Å².